The number of carbonyl (C=O) groups excluding carboxylic acids is 1. The van der Waals surface area contributed by atoms with Gasteiger partial charge in [-0.15, -0.1) is 0 Å². The van der Waals surface area contributed by atoms with Crippen LogP contribution in [-0.4, -0.2) is 53.0 Å². The van der Waals surface area contributed by atoms with E-state index in [2.05, 4.69) is 30.2 Å². The van der Waals surface area contributed by atoms with Crippen LogP contribution in [0.5, 0.6) is 0 Å². The zero-order valence-electron chi connectivity index (χ0n) is 20.6. The highest BCUT2D eigenvalue weighted by Gasteiger charge is 2.10. The van der Waals surface area contributed by atoms with Crippen LogP contribution < -0.4 is 5.32 Å². The molecule has 0 aliphatic heterocycles. The molecule has 1 amide bonds. The van der Waals surface area contributed by atoms with Gasteiger partial charge in [0.05, 0.1) is 17.6 Å². The predicted molar refractivity (Wildman–Crippen MR) is 138 cm³/mol. The molecule has 0 atom stereocenters. The molecule has 0 saturated carbocycles. The van der Waals surface area contributed by atoms with Crippen molar-refractivity contribution in [3.8, 4) is 22.5 Å². The minimum absolute atomic E-state index is 0.243. The standard InChI is InChI=1S/C23H20N6O.C4H4O4/c1-15-9-17(11-28-22(15)18-5-6-25-16(2)10-18)12-29-23(30)20-4-3-19(13-27-20)21-14-24-7-8-26-21;5-3(6)1-2-4(7)8/h3-11,13-14H,12H2,1-2H3,(H,29,30);1-2H,(H,5,6)(H,7,8)/b;2-1+. The molecular weight excluding hydrogens is 488 g/mol. The normalized spacial score (nSPS) is 10.4. The van der Waals surface area contributed by atoms with E-state index in [0.29, 0.717) is 30.1 Å². The summed E-state index contributed by atoms with van der Waals surface area (Å²) in [4.78, 5) is 52.9. The second-order valence-corrected chi connectivity index (χ2v) is 7.91. The Hall–Kier alpha value is -5.32. The number of carboxylic acids is 2. The van der Waals surface area contributed by atoms with Gasteiger partial charge in [0.1, 0.15) is 5.69 Å². The Balaban J connectivity index is 0.000000436. The Morgan fingerprint density at radius 3 is 2.16 bits per heavy atom. The number of carbonyl (C=O) groups is 3. The highest BCUT2D eigenvalue weighted by atomic mass is 16.4. The number of nitrogens with one attached hydrogen (secondary N) is 1. The van der Waals surface area contributed by atoms with Crippen LogP contribution in [0.3, 0.4) is 0 Å². The van der Waals surface area contributed by atoms with E-state index in [1.807, 2.05) is 38.1 Å². The second kappa shape index (κ2) is 13.1. The maximum Gasteiger partial charge on any atom is 0.328 e. The molecule has 4 aromatic rings. The van der Waals surface area contributed by atoms with Crippen molar-refractivity contribution in [2.45, 2.75) is 20.4 Å². The zero-order valence-corrected chi connectivity index (χ0v) is 20.6. The summed E-state index contributed by atoms with van der Waals surface area (Å²) in [5, 5.41) is 18.5. The van der Waals surface area contributed by atoms with Crippen molar-refractivity contribution < 1.29 is 24.6 Å². The van der Waals surface area contributed by atoms with Crippen LogP contribution in [0.2, 0.25) is 0 Å². The molecule has 0 aliphatic rings. The van der Waals surface area contributed by atoms with Gasteiger partial charge in [0.2, 0.25) is 0 Å². The Labute approximate surface area is 218 Å². The average molecular weight is 513 g/mol. The second-order valence-electron chi connectivity index (χ2n) is 7.91. The first kappa shape index (κ1) is 27.3. The zero-order chi connectivity index (χ0) is 27.5. The lowest BCUT2D eigenvalue weighted by molar-refractivity contribution is -0.134. The first-order valence-electron chi connectivity index (χ1n) is 11.3. The number of aryl methyl sites for hydroxylation is 2. The van der Waals surface area contributed by atoms with Gasteiger partial charge < -0.3 is 15.5 Å². The third-order valence-electron chi connectivity index (χ3n) is 4.98. The number of hydrogen-bond donors (Lipinski definition) is 3. The minimum atomic E-state index is -1.26. The Kier molecular flexibility index (Phi) is 9.41. The number of pyridine rings is 3. The first-order valence-corrected chi connectivity index (χ1v) is 11.3. The smallest absolute Gasteiger partial charge is 0.328 e. The summed E-state index contributed by atoms with van der Waals surface area (Å²) in [5.41, 5.74) is 6.72. The molecule has 11 nitrogen and oxygen atoms in total. The molecule has 3 N–H and O–H groups in total. The Bertz CT molecular complexity index is 1440. The van der Waals surface area contributed by atoms with Crippen LogP contribution in [0.4, 0.5) is 0 Å². The first-order chi connectivity index (χ1) is 18.2. The van der Waals surface area contributed by atoms with Crippen LogP contribution in [0.15, 0.2) is 79.7 Å². The fourth-order valence-corrected chi connectivity index (χ4v) is 3.27. The van der Waals surface area contributed by atoms with E-state index in [1.165, 1.54) is 0 Å². The number of aliphatic carboxylic acids is 2. The summed E-state index contributed by atoms with van der Waals surface area (Å²) >= 11 is 0. The van der Waals surface area contributed by atoms with Crippen molar-refractivity contribution >= 4 is 17.8 Å². The van der Waals surface area contributed by atoms with E-state index in [1.54, 1.807) is 43.2 Å². The summed E-state index contributed by atoms with van der Waals surface area (Å²) in [6.45, 7) is 4.34. The molecule has 0 aromatic carbocycles. The van der Waals surface area contributed by atoms with Gasteiger partial charge in [0.15, 0.2) is 0 Å². The Morgan fingerprint density at radius 1 is 0.816 bits per heavy atom. The van der Waals surface area contributed by atoms with Crippen molar-refractivity contribution in [1.29, 1.82) is 0 Å². The molecule has 192 valence electrons. The highest BCUT2D eigenvalue weighted by Crippen LogP contribution is 2.22. The van der Waals surface area contributed by atoms with Crippen LogP contribution in [0.1, 0.15) is 27.3 Å². The fourth-order valence-electron chi connectivity index (χ4n) is 3.27. The van der Waals surface area contributed by atoms with Crippen molar-refractivity contribution in [2.75, 3.05) is 0 Å². The molecule has 0 fully saturated rings. The molecule has 0 spiro atoms. The summed E-state index contributed by atoms with van der Waals surface area (Å²) in [6.07, 6.45) is 11.2. The summed E-state index contributed by atoms with van der Waals surface area (Å²) in [6, 6.07) is 9.47. The molecule has 11 heteroatoms. The number of aromatic nitrogens is 5. The average Bonchev–Trinajstić information content (AvgIpc) is 2.91. The van der Waals surface area contributed by atoms with E-state index in [0.717, 1.165) is 33.6 Å². The molecule has 0 radical (unpaired) electrons. The summed E-state index contributed by atoms with van der Waals surface area (Å²) in [5.74, 6) is -2.76. The number of hydrogen-bond acceptors (Lipinski definition) is 8. The molecule has 0 unspecified atom stereocenters. The van der Waals surface area contributed by atoms with Gasteiger partial charge in [-0.2, -0.15) is 0 Å². The Morgan fingerprint density at radius 2 is 1.58 bits per heavy atom. The summed E-state index contributed by atoms with van der Waals surface area (Å²) < 4.78 is 0. The van der Waals surface area contributed by atoms with Gasteiger partial charge in [-0.1, -0.05) is 6.07 Å². The minimum Gasteiger partial charge on any atom is -0.478 e. The maximum absolute atomic E-state index is 12.4. The quantitative estimate of drug-likeness (QED) is 0.313. The van der Waals surface area contributed by atoms with E-state index < -0.39 is 11.9 Å². The van der Waals surface area contributed by atoms with Gasteiger partial charge in [-0.25, -0.2) is 9.59 Å². The molecule has 4 rings (SSSR count). The molecule has 4 aromatic heterocycles. The lowest BCUT2D eigenvalue weighted by atomic mass is 10.1. The molecule has 0 bridgehead atoms. The molecule has 4 heterocycles. The maximum atomic E-state index is 12.4. The van der Waals surface area contributed by atoms with Crippen LogP contribution in [0, 0.1) is 13.8 Å². The van der Waals surface area contributed by atoms with Crippen molar-refractivity contribution in [3.05, 3.63) is 102 Å². The number of nitrogens with zero attached hydrogens (tertiary/aromatic N) is 5. The number of amides is 1. The van der Waals surface area contributed by atoms with E-state index >= 15 is 0 Å². The van der Waals surface area contributed by atoms with Gasteiger partial charge in [-0.05, 0) is 49.2 Å². The largest absolute Gasteiger partial charge is 0.478 e. The molecule has 0 aliphatic carbocycles. The lowest BCUT2D eigenvalue weighted by Gasteiger charge is -2.09. The van der Waals surface area contributed by atoms with Crippen LogP contribution in [-0.2, 0) is 16.1 Å². The van der Waals surface area contributed by atoms with Crippen molar-refractivity contribution in [2.24, 2.45) is 0 Å². The monoisotopic (exact) mass is 512 g/mol. The third kappa shape index (κ3) is 8.12. The number of rotatable bonds is 7. The lowest BCUT2D eigenvalue weighted by Crippen LogP contribution is -2.23. The third-order valence-corrected chi connectivity index (χ3v) is 4.98. The van der Waals surface area contributed by atoms with Gasteiger partial charge in [0.25, 0.3) is 5.91 Å². The number of carboxylic acid groups (broad SMARTS) is 2. The van der Waals surface area contributed by atoms with Gasteiger partial charge >= 0.3 is 11.9 Å². The fraction of sp³-hybridized carbons (Fsp3) is 0.111. The predicted octanol–water partition coefficient (Wildman–Crippen LogP) is 3.25. The molecular formula is C27H24N6O5. The van der Waals surface area contributed by atoms with Crippen LogP contribution in [0.25, 0.3) is 22.5 Å². The van der Waals surface area contributed by atoms with Crippen molar-refractivity contribution in [1.82, 2.24) is 30.2 Å². The topological polar surface area (TPSA) is 168 Å². The van der Waals surface area contributed by atoms with Crippen LogP contribution >= 0.6 is 0 Å². The van der Waals surface area contributed by atoms with Gasteiger partial charge in [0, 0.05) is 66.5 Å². The van der Waals surface area contributed by atoms with E-state index in [4.69, 9.17) is 10.2 Å². The molecule has 38 heavy (non-hydrogen) atoms. The molecule has 0 saturated heterocycles. The summed E-state index contributed by atoms with van der Waals surface area (Å²) in [7, 11) is 0. The van der Waals surface area contributed by atoms with Gasteiger partial charge in [-0.3, -0.25) is 29.7 Å². The van der Waals surface area contributed by atoms with Crippen molar-refractivity contribution in [3.63, 3.8) is 0 Å². The SMILES string of the molecule is Cc1cc(-c2ncc(CNC(=O)c3ccc(-c4cnccn4)cn3)cc2C)ccn1.O=C(O)/C=C/C(=O)O. The van der Waals surface area contributed by atoms with E-state index in [9.17, 15) is 14.4 Å². The van der Waals surface area contributed by atoms with E-state index in [-0.39, 0.29) is 5.91 Å². The highest BCUT2D eigenvalue weighted by molar-refractivity contribution is 5.92.